The van der Waals surface area contributed by atoms with Crippen LogP contribution in [0.25, 0.3) is 0 Å². The first-order chi connectivity index (χ1) is 8.13. The van der Waals surface area contributed by atoms with Crippen molar-refractivity contribution in [2.75, 3.05) is 20.1 Å². The van der Waals surface area contributed by atoms with Gasteiger partial charge in [-0.2, -0.15) is 0 Å². The van der Waals surface area contributed by atoms with Gasteiger partial charge in [0.2, 0.25) is 0 Å². The first-order valence-corrected chi connectivity index (χ1v) is 6.76. The van der Waals surface area contributed by atoms with Crippen LogP contribution in [-0.4, -0.2) is 41.6 Å². The predicted molar refractivity (Wildman–Crippen MR) is 71.2 cm³/mol. The zero-order valence-corrected chi connectivity index (χ0v) is 11.8. The van der Waals surface area contributed by atoms with Crippen LogP contribution >= 0.6 is 15.9 Å². The summed E-state index contributed by atoms with van der Waals surface area (Å²) in [5.74, 6) is 0.103. The SMILES string of the molecule is CCn1cc(Br)cc1C(=O)N(C)C1CCNC1. The molecule has 1 atom stereocenters. The van der Waals surface area contributed by atoms with Crippen molar-refractivity contribution in [3.05, 3.63) is 22.4 Å². The molecule has 0 aromatic carbocycles. The molecule has 1 N–H and O–H groups in total. The van der Waals surface area contributed by atoms with Crippen LogP contribution in [-0.2, 0) is 6.54 Å². The third-order valence-corrected chi connectivity index (χ3v) is 3.76. The van der Waals surface area contributed by atoms with E-state index in [1.165, 1.54) is 0 Å². The lowest BCUT2D eigenvalue weighted by Gasteiger charge is -2.24. The fourth-order valence-electron chi connectivity index (χ4n) is 2.23. The molecule has 94 valence electrons. The molecule has 1 aromatic rings. The Hall–Kier alpha value is -0.810. The van der Waals surface area contributed by atoms with Gasteiger partial charge in [0.1, 0.15) is 5.69 Å². The van der Waals surface area contributed by atoms with Crippen LogP contribution in [0.4, 0.5) is 0 Å². The summed E-state index contributed by atoms with van der Waals surface area (Å²) in [4.78, 5) is 14.2. The van der Waals surface area contributed by atoms with Gasteiger partial charge in [-0.05, 0) is 41.9 Å². The lowest BCUT2D eigenvalue weighted by Crippen LogP contribution is -2.39. The summed E-state index contributed by atoms with van der Waals surface area (Å²) in [5, 5.41) is 3.28. The van der Waals surface area contributed by atoms with Crippen molar-refractivity contribution < 1.29 is 4.79 Å². The Morgan fingerprint density at radius 2 is 2.47 bits per heavy atom. The second-order valence-electron chi connectivity index (χ2n) is 4.39. The first-order valence-electron chi connectivity index (χ1n) is 5.97. The van der Waals surface area contributed by atoms with Gasteiger partial charge in [0.25, 0.3) is 5.91 Å². The first kappa shape index (κ1) is 12.6. The normalized spacial score (nSPS) is 19.6. The van der Waals surface area contributed by atoms with Gasteiger partial charge < -0.3 is 14.8 Å². The topological polar surface area (TPSA) is 37.3 Å². The zero-order chi connectivity index (χ0) is 12.4. The quantitative estimate of drug-likeness (QED) is 0.922. The molecule has 0 radical (unpaired) electrons. The summed E-state index contributed by atoms with van der Waals surface area (Å²) in [7, 11) is 1.89. The van der Waals surface area contributed by atoms with Gasteiger partial charge >= 0.3 is 0 Å². The maximum absolute atomic E-state index is 12.4. The zero-order valence-electron chi connectivity index (χ0n) is 10.2. The van der Waals surface area contributed by atoms with Gasteiger partial charge in [0.15, 0.2) is 0 Å². The maximum atomic E-state index is 12.4. The van der Waals surface area contributed by atoms with E-state index in [2.05, 4.69) is 21.2 Å². The Labute approximate surface area is 110 Å². The Morgan fingerprint density at radius 1 is 1.71 bits per heavy atom. The van der Waals surface area contributed by atoms with E-state index >= 15 is 0 Å². The molecule has 0 saturated carbocycles. The van der Waals surface area contributed by atoms with Crippen LogP contribution < -0.4 is 5.32 Å². The Kier molecular flexibility index (Phi) is 3.89. The number of rotatable bonds is 3. The second-order valence-corrected chi connectivity index (χ2v) is 5.31. The van der Waals surface area contributed by atoms with Crippen LogP contribution in [0.2, 0.25) is 0 Å². The van der Waals surface area contributed by atoms with E-state index in [1.54, 1.807) is 0 Å². The van der Waals surface area contributed by atoms with Crippen molar-refractivity contribution in [3.63, 3.8) is 0 Å². The molecule has 1 amide bonds. The highest BCUT2D eigenvalue weighted by atomic mass is 79.9. The van der Waals surface area contributed by atoms with Crippen molar-refractivity contribution in [1.82, 2.24) is 14.8 Å². The van der Waals surface area contributed by atoms with Gasteiger partial charge in [-0.3, -0.25) is 4.79 Å². The maximum Gasteiger partial charge on any atom is 0.270 e. The van der Waals surface area contributed by atoms with E-state index in [9.17, 15) is 4.79 Å². The molecule has 5 heteroatoms. The standard InChI is InChI=1S/C12H18BrN3O/c1-3-16-8-9(13)6-11(16)12(17)15(2)10-4-5-14-7-10/h6,8,10,14H,3-5,7H2,1-2H3. The van der Waals surface area contributed by atoms with E-state index in [1.807, 2.05) is 35.7 Å². The van der Waals surface area contributed by atoms with Crippen LogP contribution in [0.15, 0.2) is 16.7 Å². The van der Waals surface area contributed by atoms with Gasteiger partial charge in [-0.25, -0.2) is 0 Å². The number of carbonyl (C=O) groups excluding carboxylic acids is 1. The largest absolute Gasteiger partial charge is 0.343 e. The molecule has 1 fully saturated rings. The molecule has 0 aliphatic carbocycles. The average Bonchev–Trinajstić information content (AvgIpc) is 2.95. The minimum Gasteiger partial charge on any atom is -0.343 e. The van der Waals surface area contributed by atoms with Crippen molar-refractivity contribution in [1.29, 1.82) is 0 Å². The molecule has 1 unspecified atom stereocenters. The van der Waals surface area contributed by atoms with E-state index in [0.29, 0.717) is 6.04 Å². The molecule has 2 heterocycles. The Balaban J connectivity index is 2.17. The van der Waals surface area contributed by atoms with Crippen molar-refractivity contribution in [3.8, 4) is 0 Å². The van der Waals surface area contributed by atoms with Gasteiger partial charge in [-0.1, -0.05) is 0 Å². The van der Waals surface area contributed by atoms with Crippen LogP contribution in [0.5, 0.6) is 0 Å². The number of nitrogens with one attached hydrogen (secondary N) is 1. The summed E-state index contributed by atoms with van der Waals surface area (Å²) in [5.41, 5.74) is 0.758. The monoisotopic (exact) mass is 299 g/mol. The molecule has 0 spiro atoms. The Morgan fingerprint density at radius 3 is 3.06 bits per heavy atom. The molecular weight excluding hydrogens is 282 g/mol. The van der Waals surface area contributed by atoms with Gasteiger partial charge in [-0.15, -0.1) is 0 Å². The van der Waals surface area contributed by atoms with E-state index in [-0.39, 0.29) is 5.91 Å². The second kappa shape index (κ2) is 5.23. The number of hydrogen-bond acceptors (Lipinski definition) is 2. The number of nitrogens with zero attached hydrogens (tertiary/aromatic N) is 2. The number of amides is 1. The third kappa shape index (κ3) is 2.55. The van der Waals surface area contributed by atoms with E-state index in [4.69, 9.17) is 0 Å². The molecule has 4 nitrogen and oxygen atoms in total. The molecule has 1 aromatic heterocycles. The van der Waals surface area contributed by atoms with Crippen molar-refractivity contribution >= 4 is 21.8 Å². The summed E-state index contributed by atoms with van der Waals surface area (Å²) in [6.45, 7) is 4.75. The van der Waals surface area contributed by atoms with Gasteiger partial charge in [0.05, 0.1) is 0 Å². The van der Waals surface area contributed by atoms with Crippen LogP contribution in [0, 0.1) is 0 Å². The predicted octanol–water partition coefficient (Wildman–Crippen LogP) is 1.70. The van der Waals surface area contributed by atoms with Crippen molar-refractivity contribution in [2.24, 2.45) is 0 Å². The van der Waals surface area contributed by atoms with E-state index < -0.39 is 0 Å². The number of aromatic nitrogens is 1. The summed E-state index contributed by atoms with van der Waals surface area (Å²) < 4.78 is 2.94. The minimum atomic E-state index is 0.103. The smallest absolute Gasteiger partial charge is 0.270 e. The third-order valence-electron chi connectivity index (χ3n) is 3.33. The molecule has 2 rings (SSSR count). The molecule has 1 saturated heterocycles. The summed E-state index contributed by atoms with van der Waals surface area (Å²) in [6, 6.07) is 2.21. The molecule has 17 heavy (non-hydrogen) atoms. The fourth-order valence-corrected chi connectivity index (χ4v) is 2.70. The summed E-state index contributed by atoms with van der Waals surface area (Å²) >= 11 is 3.42. The Bertz CT molecular complexity index is 410. The molecular formula is C12H18BrN3O. The average molecular weight is 300 g/mol. The number of carbonyl (C=O) groups is 1. The van der Waals surface area contributed by atoms with Gasteiger partial charge in [0, 0.05) is 36.8 Å². The number of likely N-dealkylation sites (N-methyl/N-ethyl adjacent to an activating group) is 1. The molecule has 0 bridgehead atoms. The summed E-state index contributed by atoms with van der Waals surface area (Å²) in [6.07, 6.45) is 2.99. The number of aryl methyl sites for hydroxylation is 1. The number of hydrogen-bond donors (Lipinski definition) is 1. The lowest BCUT2D eigenvalue weighted by atomic mass is 10.2. The lowest BCUT2D eigenvalue weighted by molar-refractivity contribution is 0.0733. The fraction of sp³-hybridized carbons (Fsp3) is 0.583. The van der Waals surface area contributed by atoms with Crippen LogP contribution in [0.3, 0.4) is 0 Å². The highest BCUT2D eigenvalue weighted by Crippen LogP contribution is 2.18. The van der Waals surface area contributed by atoms with Crippen LogP contribution in [0.1, 0.15) is 23.8 Å². The molecule has 1 aliphatic rings. The van der Waals surface area contributed by atoms with Crippen molar-refractivity contribution in [2.45, 2.75) is 25.9 Å². The number of halogens is 1. The highest BCUT2D eigenvalue weighted by Gasteiger charge is 2.25. The minimum absolute atomic E-state index is 0.103. The highest BCUT2D eigenvalue weighted by molar-refractivity contribution is 9.10. The van der Waals surface area contributed by atoms with E-state index in [0.717, 1.165) is 36.2 Å². The molecule has 1 aliphatic heterocycles.